The van der Waals surface area contributed by atoms with E-state index in [2.05, 4.69) is 0 Å². The first-order valence-electron chi connectivity index (χ1n) is 8.35. The molecule has 1 saturated heterocycles. The van der Waals surface area contributed by atoms with E-state index in [0.717, 1.165) is 11.1 Å². The van der Waals surface area contributed by atoms with Crippen molar-refractivity contribution in [3.8, 4) is 0 Å². The molecule has 0 aliphatic carbocycles. The molecule has 0 amide bonds. The van der Waals surface area contributed by atoms with E-state index in [9.17, 15) is 9.90 Å². The van der Waals surface area contributed by atoms with E-state index in [0.29, 0.717) is 6.61 Å². The first-order chi connectivity index (χ1) is 12.1. The van der Waals surface area contributed by atoms with Crippen LogP contribution in [0, 0.1) is 0 Å². The summed E-state index contributed by atoms with van der Waals surface area (Å²) in [6, 6.07) is 19.1. The summed E-state index contributed by atoms with van der Waals surface area (Å²) in [5.74, 6) is -0.560. The van der Waals surface area contributed by atoms with Crippen LogP contribution in [0.2, 0.25) is 0 Å². The van der Waals surface area contributed by atoms with Crippen molar-refractivity contribution in [1.82, 2.24) is 0 Å². The fraction of sp³-hybridized carbons (Fsp3) is 0.350. The summed E-state index contributed by atoms with van der Waals surface area (Å²) in [5.41, 5.74) is 1.91. The fourth-order valence-electron chi connectivity index (χ4n) is 2.83. The Hall–Kier alpha value is -2.21. The lowest BCUT2D eigenvalue weighted by Gasteiger charge is -2.37. The Morgan fingerprint density at radius 2 is 1.44 bits per heavy atom. The molecule has 25 heavy (non-hydrogen) atoms. The van der Waals surface area contributed by atoms with Crippen molar-refractivity contribution in [1.29, 1.82) is 0 Å². The van der Waals surface area contributed by atoms with Crippen LogP contribution < -0.4 is 0 Å². The fourth-order valence-corrected chi connectivity index (χ4v) is 2.83. The zero-order valence-corrected chi connectivity index (χ0v) is 14.1. The lowest BCUT2D eigenvalue weighted by molar-refractivity contribution is -0.218. The summed E-state index contributed by atoms with van der Waals surface area (Å²) in [5, 5.41) is 10.6. The second-order valence-corrected chi connectivity index (χ2v) is 6.11. The lowest BCUT2D eigenvalue weighted by atomic mass is 10.00. The molecule has 0 bridgehead atoms. The SMILES string of the molecule is CC1OC(=O)[C@@H](OCc2ccccc2)C(O)C1OCc1ccccc1. The van der Waals surface area contributed by atoms with Crippen LogP contribution in [0.1, 0.15) is 18.1 Å². The van der Waals surface area contributed by atoms with Gasteiger partial charge in [0.25, 0.3) is 0 Å². The van der Waals surface area contributed by atoms with Gasteiger partial charge in [-0.1, -0.05) is 60.7 Å². The first kappa shape index (κ1) is 17.6. The van der Waals surface area contributed by atoms with Gasteiger partial charge >= 0.3 is 5.97 Å². The highest BCUT2D eigenvalue weighted by Crippen LogP contribution is 2.23. The highest BCUT2D eigenvalue weighted by atomic mass is 16.6. The zero-order chi connectivity index (χ0) is 17.6. The maximum Gasteiger partial charge on any atom is 0.338 e. The van der Waals surface area contributed by atoms with Crippen LogP contribution in [0.5, 0.6) is 0 Å². The van der Waals surface area contributed by atoms with E-state index in [1.54, 1.807) is 6.92 Å². The second-order valence-electron chi connectivity index (χ2n) is 6.11. The van der Waals surface area contributed by atoms with Crippen molar-refractivity contribution in [2.75, 3.05) is 0 Å². The standard InChI is InChI=1S/C20H22O5/c1-14-18(23-12-15-8-4-2-5-9-15)17(21)19(20(22)25-14)24-13-16-10-6-3-7-11-16/h2-11,14,17-19,21H,12-13H2,1H3/t14?,17?,18?,19-/m0/s1. The molecule has 2 aromatic carbocycles. The molecule has 3 unspecified atom stereocenters. The highest BCUT2D eigenvalue weighted by molar-refractivity contribution is 5.76. The molecule has 1 N–H and O–H groups in total. The monoisotopic (exact) mass is 342 g/mol. The van der Waals surface area contributed by atoms with Crippen molar-refractivity contribution in [2.45, 2.75) is 44.6 Å². The molecule has 1 heterocycles. The van der Waals surface area contributed by atoms with E-state index in [4.69, 9.17) is 14.2 Å². The maximum absolute atomic E-state index is 12.1. The zero-order valence-electron chi connectivity index (χ0n) is 14.1. The van der Waals surface area contributed by atoms with Crippen LogP contribution >= 0.6 is 0 Å². The number of aliphatic hydroxyl groups is 1. The molecule has 5 nitrogen and oxygen atoms in total. The Bertz CT molecular complexity index is 673. The molecule has 0 radical (unpaired) electrons. The molecule has 4 atom stereocenters. The quantitative estimate of drug-likeness (QED) is 0.817. The molecule has 0 saturated carbocycles. The molecule has 0 aromatic heterocycles. The highest BCUT2D eigenvalue weighted by Gasteiger charge is 2.45. The normalized spacial score (nSPS) is 26.2. The number of ether oxygens (including phenoxy) is 3. The largest absolute Gasteiger partial charge is 0.458 e. The summed E-state index contributed by atoms with van der Waals surface area (Å²) in [6.45, 7) is 2.26. The third kappa shape index (κ3) is 4.45. The van der Waals surface area contributed by atoms with Crippen molar-refractivity contribution in [3.05, 3.63) is 71.8 Å². The van der Waals surface area contributed by atoms with Crippen molar-refractivity contribution < 1.29 is 24.1 Å². The smallest absolute Gasteiger partial charge is 0.338 e. The van der Waals surface area contributed by atoms with Crippen LogP contribution in [-0.4, -0.2) is 35.5 Å². The molecule has 0 spiro atoms. The Balaban J connectivity index is 1.62. The topological polar surface area (TPSA) is 65.0 Å². The van der Waals surface area contributed by atoms with Crippen molar-refractivity contribution in [3.63, 3.8) is 0 Å². The average molecular weight is 342 g/mol. The molecule has 3 rings (SSSR count). The molecule has 1 aliphatic rings. The van der Waals surface area contributed by atoms with Gasteiger partial charge in [-0.2, -0.15) is 0 Å². The van der Waals surface area contributed by atoms with E-state index < -0.39 is 30.4 Å². The number of hydrogen-bond acceptors (Lipinski definition) is 5. The van der Waals surface area contributed by atoms with Gasteiger partial charge in [0.15, 0.2) is 6.10 Å². The number of carbonyl (C=O) groups is 1. The number of benzene rings is 2. The molecule has 132 valence electrons. The molecule has 5 heteroatoms. The first-order valence-corrected chi connectivity index (χ1v) is 8.35. The molecule has 1 aliphatic heterocycles. The average Bonchev–Trinajstić information content (AvgIpc) is 2.63. The van der Waals surface area contributed by atoms with Crippen LogP contribution in [0.3, 0.4) is 0 Å². The van der Waals surface area contributed by atoms with E-state index >= 15 is 0 Å². The Kier molecular flexibility index (Phi) is 5.81. The Morgan fingerprint density at radius 3 is 2.00 bits per heavy atom. The number of cyclic esters (lactones) is 1. The van der Waals surface area contributed by atoms with Crippen LogP contribution in [-0.2, 0) is 32.2 Å². The van der Waals surface area contributed by atoms with E-state index in [-0.39, 0.29) is 6.61 Å². The molecule has 1 fully saturated rings. The Morgan fingerprint density at radius 1 is 0.920 bits per heavy atom. The van der Waals surface area contributed by atoms with Gasteiger partial charge in [-0.05, 0) is 18.1 Å². The third-order valence-corrected chi connectivity index (χ3v) is 4.20. The van der Waals surface area contributed by atoms with Gasteiger partial charge in [-0.15, -0.1) is 0 Å². The minimum Gasteiger partial charge on any atom is -0.458 e. The molecular weight excluding hydrogens is 320 g/mol. The maximum atomic E-state index is 12.1. The summed E-state index contributed by atoms with van der Waals surface area (Å²) < 4.78 is 16.7. The molecular formula is C20H22O5. The van der Waals surface area contributed by atoms with Crippen molar-refractivity contribution >= 4 is 5.97 Å². The predicted octanol–water partition coefficient (Wildman–Crippen LogP) is 2.46. The number of rotatable bonds is 6. The van der Waals surface area contributed by atoms with Gasteiger partial charge in [-0.3, -0.25) is 0 Å². The van der Waals surface area contributed by atoms with Gasteiger partial charge in [0, 0.05) is 0 Å². The third-order valence-electron chi connectivity index (χ3n) is 4.20. The van der Waals surface area contributed by atoms with Gasteiger partial charge in [0.1, 0.15) is 18.3 Å². The van der Waals surface area contributed by atoms with Gasteiger partial charge in [0.05, 0.1) is 13.2 Å². The summed E-state index contributed by atoms with van der Waals surface area (Å²) in [6.07, 6.45) is -3.32. The predicted molar refractivity (Wildman–Crippen MR) is 91.6 cm³/mol. The van der Waals surface area contributed by atoms with Gasteiger partial charge in [0.2, 0.25) is 0 Å². The number of hydrogen-bond donors (Lipinski definition) is 1. The Labute approximate surface area is 147 Å². The summed E-state index contributed by atoms with van der Waals surface area (Å²) in [4.78, 5) is 12.1. The summed E-state index contributed by atoms with van der Waals surface area (Å²) in [7, 11) is 0. The molecule has 2 aromatic rings. The van der Waals surface area contributed by atoms with Crippen LogP contribution in [0.4, 0.5) is 0 Å². The summed E-state index contributed by atoms with van der Waals surface area (Å²) >= 11 is 0. The van der Waals surface area contributed by atoms with Gasteiger partial charge < -0.3 is 19.3 Å². The minimum absolute atomic E-state index is 0.220. The number of carbonyl (C=O) groups excluding carboxylic acids is 1. The van der Waals surface area contributed by atoms with Crippen LogP contribution in [0.25, 0.3) is 0 Å². The number of esters is 1. The minimum atomic E-state index is -1.08. The van der Waals surface area contributed by atoms with Crippen LogP contribution in [0.15, 0.2) is 60.7 Å². The van der Waals surface area contributed by atoms with Gasteiger partial charge in [-0.25, -0.2) is 4.79 Å². The van der Waals surface area contributed by atoms with E-state index in [1.165, 1.54) is 0 Å². The number of aliphatic hydroxyl groups excluding tert-OH is 1. The van der Waals surface area contributed by atoms with E-state index in [1.807, 2.05) is 60.7 Å². The van der Waals surface area contributed by atoms with Crippen molar-refractivity contribution in [2.24, 2.45) is 0 Å². The lowest BCUT2D eigenvalue weighted by Crippen LogP contribution is -2.56. The second kappa shape index (κ2) is 8.25.